The summed E-state index contributed by atoms with van der Waals surface area (Å²) >= 11 is 0. The topological polar surface area (TPSA) is 97.7 Å². The largest absolute Gasteiger partial charge is 0.383 e. The van der Waals surface area contributed by atoms with Gasteiger partial charge in [-0.3, -0.25) is 19.2 Å². The number of likely N-dealkylation sites (tertiary alicyclic amines) is 1. The molecule has 1 aliphatic carbocycles. The molecule has 0 unspecified atom stereocenters. The van der Waals surface area contributed by atoms with Gasteiger partial charge in [0.05, 0.1) is 31.4 Å². The SMILES string of the molecule is COCCNC(=O)C[C@@H]1OC[C@@H]2[C@H]1[C@H](CC(=O)NC1CC1)CN2Cc1ccn(C)n1. The number of amides is 2. The molecule has 4 atom stereocenters. The molecule has 9 heteroatoms. The Bertz CT molecular complexity index is 750. The monoisotopic (exact) mass is 419 g/mol. The van der Waals surface area contributed by atoms with Crippen molar-refractivity contribution in [3.63, 3.8) is 0 Å². The Morgan fingerprint density at radius 3 is 2.83 bits per heavy atom. The third-order valence-electron chi connectivity index (χ3n) is 6.38. The minimum Gasteiger partial charge on any atom is -0.383 e. The number of aromatic nitrogens is 2. The van der Waals surface area contributed by atoms with Crippen LogP contribution in [-0.2, 0) is 32.7 Å². The van der Waals surface area contributed by atoms with Crippen molar-refractivity contribution in [1.29, 1.82) is 0 Å². The fraction of sp³-hybridized carbons (Fsp3) is 0.762. The summed E-state index contributed by atoms with van der Waals surface area (Å²) in [5.41, 5.74) is 1.01. The van der Waals surface area contributed by atoms with Gasteiger partial charge in [0.2, 0.25) is 11.8 Å². The number of aryl methyl sites for hydroxylation is 1. The fourth-order valence-corrected chi connectivity index (χ4v) is 4.85. The van der Waals surface area contributed by atoms with E-state index in [1.54, 1.807) is 7.11 Å². The molecule has 3 fully saturated rings. The Hall–Kier alpha value is -1.97. The summed E-state index contributed by atoms with van der Waals surface area (Å²) in [5, 5.41) is 10.5. The van der Waals surface area contributed by atoms with Gasteiger partial charge in [-0.2, -0.15) is 5.10 Å². The second-order valence-corrected chi connectivity index (χ2v) is 8.78. The first-order valence-electron chi connectivity index (χ1n) is 10.9. The van der Waals surface area contributed by atoms with Crippen LogP contribution in [0.3, 0.4) is 0 Å². The highest BCUT2D eigenvalue weighted by atomic mass is 16.5. The number of fused-ring (bicyclic) bond motifs is 1. The first-order valence-corrected chi connectivity index (χ1v) is 10.9. The zero-order valence-electron chi connectivity index (χ0n) is 17.9. The normalized spacial score (nSPS) is 28.5. The molecule has 0 spiro atoms. The standard InChI is InChI=1S/C21H33N5O4/c1-25-7-5-16(24-25)12-26-11-14(9-20(28)23-15-3-4-15)21-17(26)13-30-18(21)10-19(27)22-6-8-29-2/h5,7,14-15,17-18,21H,3-4,6,8-13H2,1-2H3,(H,22,27)(H,23,28)/t14-,17-,18+,21-/m1/s1. The van der Waals surface area contributed by atoms with Crippen molar-refractivity contribution < 1.29 is 19.1 Å². The Labute approximate surface area is 177 Å². The lowest BCUT2D eigenvalue weighted by molar-refractivity contribution is -0.124. The fourth-order valence-electron chi connectivity index (χ4n) is 4.85. The van der Waals surface area contributed by atoms with Gasteiger partial charge in [0.15, 0.2) is 0 Å². The van der Waals surface area contributed by atoms with Crippen molar-refractivity contribution in [2.24, 2.45) is 18.9 Å². The van der Waals surface area contributed by atoms with Crippen molar-refractivity contribution in [3.8, 4) is 0 Å². The summed E-state index contributed by atoms with van der Waals surface area (Å²) < 4.78 is 12.9. The van der Waals surface area contributed by atoms with Gasteiger partial charge in [0, 0.05) is 64.4 Å². The average Bonchev–Trinajstić information content (AvgIpc) is 3.11. The molecule has 30 heavy (non-hydrogen) atoms. The summed E-state index contributed by atoms with van der Waals surface area (Å²) in [7, 11) is 3.53. The Morgan fingerprint density at radius 2 is 2.13 bits per heavy atom. The third kappa shape index (κ3) is 5.19. The van der Waals surface area contributed by atoms with Gasteiger partial charge in [-0.25, -0.2) is 0 Å². The number of carbonyl (C=O) groups excluding carboxylic acids is 2. The lowest BCUT2D eigenvalue weighted by Gasteiger charge is -2.23. The molecule has 0 aromatic carbocycles. The number of hydrogen-bond acceptors (Lipinski definition) is 6. The Kier molecular flexibility index (Phi) is 6.70. The molecule has 0 bridgehead atoms. The number of nitrogens with zero attached hydrogens (tertiary/aromatic N) is 3. The van der Waals surface area contributed by atoms with Gasteiger partial charge in [0.1, 0.15) is 0 Å². The molecule has 2 amide bonds. The van der Waals surface area contributed by atoms with Crippen LogP contribution in [0.1, 0.15) is 31.4 Å². The number of ether oxygens (including phenoxy) is 2. The van der Waals surface area contributed by atoms with Gasteiger partial charge in [-0.1, -0.05) is 0 Å². The summed E-state index contributed by atoms with van der Waals surface area (Å²) in [6.07, 6.45) is 4.76. The van der Waals surface area contributed by atoms with E-state index in [2.05, 4.69) is 20.6 Å². The van der Waals surface area contributed by atoms with E-state index in [0.29, 0.717) is 38.6 Å². The van der Waals surface area contributed by atoms with E-state index in [4.69, 9.17) is 9.47 Å². The molecular formula is C21H33N5O4. The van der Waals surface area contributed by atoms with E-state index in [0.717, 1.165) is 31.6 Å². The molecular weight excluding hydrogens is 386 g/mol. The van der Waals surface area contributed by atoms with E-state index in [1.807, 2.05) is 24.0 Å². The highest BCUT2D eigenvalue weighted by molar-refractivity contribution is 5.77. The van der Waals surface area contributed by atoms with Crippen LogP contribution in [-0.4, -0.2) is 78.1 Å². The number of methoxy groups -OCH3 is 1. The zero-order chi connectivity index (χ0) is 21.1. The van der Waals surface area contributed by atoms with Gasteiger partial charge in [0.25, 0.3) is 0 Å². The quantitative estimate of drug-likeness (QED) is 0.521. The van der Waals surface area contributed by atoms with Gasteiger partial charge >= 0.3 is 0 Å². The van der Waals surface area contributed by atoms with E-state index in [1.165, 1.54) is 0 Å². The van der Waals surface area contributed by atoms with Crippen LogP contribution in [0, 0.1) is 11.8 Å². The van der Waals surface area contributed by atoms with Crippen LogP contribution in [0.5, 0.6) is 0 Å². The number of hydrogen-bond donors (Lipinski definition) is 2. The Balaban J connectivity index is 1.41. The molecule has 2 aliphatic heterocycles. The minimum absolute atomic E-state index is 0.0259. The molecule has 9 nitrogen and oxygen atoms in total. The molecule has 2 saturated heterocycles. The predicted octanol–water partition coefficient (Wildman–Crippen LogP) is 0.0569. The third-order valence-corrected chi connectivity index (χ3v) is 6.38. The molecule has 166 valence electrons. The number of nitrogens with one attached hydrogen (secondary N) is 2. The van der Waals surface area contributed by atoms with Crippen molar-refractivity contribution in [3.05, 3.63) is 18.0 Å². The molecule has 2 N–H and O–H groups in total. The second-order valence-electron chi connectivity index (χ2n) is 8.78. The van der Waals surface area contributed by atoms with Gasteiger partial charge < -0.3 is 20.1 Å². The molecule has 1 saturated carbocycles. The Morgan fingerprint density at radius 1 is 1.30 bits per heavy atom. The summed E-state index contributed by atoms with van der Waals surface area (Å²) in [6.45, 7) is 3.14. The molecule has 4 rings (SSSR count). The average molecular weight is 420 g/mol. The first-order chi connectivity index (χ1) is 14.5. The highest BCUT2D eigenvalue weighted by Gasteiger charge is 2.51. The summed E-state index contributed by atoms with van der Waals surface area (Å²) in [6, 6.07) is 2.60. The lowest BCUT2D eigenvalue weighted by atomic mass is 9.84. The smallest absolute Gasteiger partial charge is 0.222 e. The van der Waals surface area contributed by atoms with E-state index in [-0.39, 0.29) is 35.8 Å². The minimum atomic E-state index is -0.162. The van der Waals surface area contributed by atoms with E-state index >= 15 is 0 Å². The highest BCUT2D eigenvalue weighted by Crippen LogP contribution is 2.42. The molecule has 3 heterocycles. The van der Waals surface area contributed by atoms with Crippen molar-refractivity contribution >= 4 is 11.8 Å². The maximum atomic E-state index is 12.5. The first kappa shape index (κ1) is 21.3. The van der Waals surface area contributed by atoms with Crippen LogP contribution in [0.4, 0.5) is 0 Å². The molecule has 1 aromatic rings. The van der Waals surface area contributed by atoms with Gasteiger partial charge in [-0.15, -0.1) is 0 Å². The lowest BCUT2D eigenvalue weighted by Crippen LogP contribution is -2.36. The molecule has 0 radical (unpaired) electrons. The maximum absolute atomic E-state index is 12.5. The maximum Gasteiger partial charge on any atom is 0.222 e. The van der Waals surface area contributed by atoms with Crippen LogP contribution < -0.4 is 10.6 Å². The second kappa shape index (κ2) is 9.45. The predicted molar refractivity (Wildman–Crippen MR) is 109 cm³/mol. The van der Waals surface area contributed by atoms with Crippen LogP contribution in [0.2, 0.25) is 0 Å². The van der Waals surface area contributed by atoms with E-state index < -0.39 is 0 Å². The van der Waals surface area contributed by atoms with Crippen LogP contribution in [0.25, 0.3) is 0 Å². The van der Waals surface area contributed by atoms with Crippen molar-refractivity contribution in [2.45, 2.75) is 50.4 Å². The summed E-state index contributed by atoms with van der Waals surface area (Å²) in [4.78, 5) is 27.3. The summed E-state index contributed by atoms with van der Waals surface area (Å²) in [5.74, 6) is 0.446. The van der Waals surface area contributed by atoms with Crippen LogP contribution in [0.15, 0.2) is 12.3 Å². The van der Waals surface area contributed by atoms with E-state index in [9.17, 15) is 9.59 Å². The van der Waals surface area contributed by atoms with Crippen molar-refractivity contribution in [2.75, 3.05) is 33.4 Å². The van der Waals surface area contributed by atoms with Gasteiger partial charge in [-0.05, 0) is 24.8 Å². The number of rotatable bonds is 10. The molecule has 1 aromatic heterocycles. The number of carbonyl (C=O) groups is 2. The van der Waals surface area contributed by atoms with Crippen molar-refractivity contribution in [1.82, 2.24) is 25.3 Å². The molecule has 3 aliphatic rings. The zero-order valence-corrected chi connectivity index (χ0v) is 17.9. The van der Waals surface area contributed by atoms with Crippen LogP contribution >= 0.6 is 0 Å².